The summed E-state index contributed by atoms with van der Waals surface area (Å²) in [6.07, 6.45) is 21.6. The van der Waals surface area contributed by atoms with Crippen LogP contribution in [0.1, 0.15) is 157 Å². The van der Waals surface area contributed by atoms with E-state index in [2.05, 4.69) is 34.6 Å². The number of hydrogen-bond donors (Lipinski definition) is 2. The van der Waals surface area contributed by atoms with E-state index in [1.165, 1.54) is 75.4 Å². The van der Waals surface area contributed by atoms with Crippen LogP contribution in [-0.2, 0) is 33.3 Å². The van der Waals surface area contributed by atoms with Crippen molar-refractivity contribution in [3.05, 3.63) is 11.9 Å². The Labute approximate surface area is 288 Å². The lowest BCUT2D eigenvalue weighted by atomic mass is 9.93. The van der Waals surface area contributed by atoms with Crippen molar-refractivity contribution in [1.82, 2.24) is 5.01 Å². The Kier molecular flexibility index (Phi) is 33.7. The van der Waals surface area contributed by atoms with Crippen LogP contribution in [0.4, 0.5) is 0 Å². The molecule has 0 aromatic heterocycles. The number of methoxy groups -OCH3 is 1. The monoisotopic (exact) mass is 672 g/mol. The molecule has 47 heavy (non-hydrogen) atoms. The second-order valence-corrected chi connectivity index (χ2v) is 13.6. The maximum atomic E-state index is 12.2. The first-order chi connectivity index (χ1) is 22.5. The molecule has 10 nitrogen and oxygen atoms in total. The number of rotatable bonds is 30. The third kappa shape index (κ3) is 38.2. The molecule has 278 valence electrons. The summed E-state index contributed by atoms with van der Waals surface area (Å²) in [6, 6.07) is 0. The molecule has 0 saturated carbocycles. The Morgan fingerprint density at radius 1 is 0.766 bits per heavy atom. The largest absolute Gasteiger partial charge is 0.463 e. The van der Waals surface area contributed by atoms with Gasteiger partial charge in [0.2, 0.25) is 0 Å². The van der Waals surface area contributed by atoms with Gasteiger partial charge < -0.3 is 34.5 Å². The Hall–Kier alpha value is -2.17. The zero-order chi connectivity index (χ0) is 35.6. The van der Waals surface area contributed by atoms with Crippen LogP contribution in [0.15, 0.2) is 11.9 Å². The van der Waals surface area contributed by atoms with Crippen molar-refractivity contribution < 1.29 is 33.3 Å². The van der Waals surface area contributed by atoms with Gasteiger partial charge in [0.05, 0.1) is 26.2 Å². The van der Waals surface area contributed by atoms with Gasteiger partial charge in [0.25, 0.3) is 0 Å². The molecule has 1 atom stereocenters. The number of esters is 2. The summed E-state index contributed by atoms with van der Waals surface area (Å²) >= 11 is 0. The fraction of sp³-hybridized carbons (Fsp3) is 0.865. The molecule has 0 aliphatic carbocycles. The lowest BCUT2D eigenvalue weighted by Gasteiger charge is -2.23. The average molecular weight is 672 g/mol. The minimum absolute atomic E-state index is 0.146. The summed E-state index contributed by atoms with van der Waals surface area (Å²) < 4.78 is 21.4. The molecule has 0 rings (SSSR count). The molecule has 0 aromatic rings. The van der Waals surface area contributed by atoms with Crippen molar-refractivity contribution >= 4 is 18.2 Å². The second-order valence-electron chi connectivity index (χ2n) is 13.6. The van der Waals surface area contributed by atoms with Gasteiger partial charge in [-0.05, 0) is 31.1 Å². The van der Waals surface area contributed by atoms with E-state index < -0.39 is 6.10 Å². The zero-order valence-corrected chi connectivity index (χ0v) is 31.2. The minimum Gasteiger partial charge on any atom is -0.463 e. The van der Waals surface area contributed by atoms with E-state index >= 15 is 0 Å². The summed E-state index contributed by atoms with van der Waals surface area (Å²) in [6.45, 7) is 12.6. The van der Waals surface area contributed by atoms with Crippen molar-refractivity contribution in [3.8, 4) is 0 Å². The predicted octanol–water partition coefficient (Wildman–Crippen LogP) is 7.76. The fourth-order valence-corrected chi connectivity index (χ4v) is 4.54. The number of unbranched alkanes of at least 4 members (excludes halogenated alkanes) is 13. The van der Waals surface area contributed by atoms with Crippen molar-refractivity contribution in [1.29, 1.82) is 0 Å². The topological polar surface area (TPSA) is 143 Å². The van der Waals surface area contributed by atoms with E-state index in [1.807, 2.05) is 0 Å². The van der Waals surface area contributed by atoms with Gasteiger partial charge in [0, 0.05) is 38.5 Å². The normalized spacial score (nSPS) is 12.2. The van der Waals surface area contributed by atoms with Crippen LogP contribution in [0.2, 0.25) is 0 Å². The molecule has 0 aliphatic heterocycles. The summed E-state index contributed by atoms with van der Waals surface area (Å²) in [4.78, 5) is 34.0. The maximum Gasteiger partial charge on any atom is 0.306 e. The highest BCUT2D eigenvalue weighted by Gasteiger charge is 2.16. The van der Waals surface area contributed by atoms with Gasteiger partial charge >= 0.3 is 11.9 Å². The van der Waals surface area contributed by atoms with Crippen molar-refractivity contribution in [2.75, 3.05) is 40.1 Å². The van der Waals surface area contributed by atoms with Crippen molar-refractivity contribution in [2.45, 2.75) is 163 Å². The van der Waals surface area contributed by atoms with Crippen LogP contribution in [0.5, 0.6) is 0 Å². The summed E-state index contributed by atoms with van der Waals surface area (Å²) in [5, 5.41) is 1.36. The first kappa shape index (κ1) is 46.9. The number of ether oxygens (including phenoxy) is 4. The smallest absolute Gasteiger partial charge is 0.306 e. The lowest BCUT2D eigenvalue weighted by Crippen LogP contribution is -2.39. The van der Waals surface area contributed by atoms with E-state index in [-0.39, 0.29) is 43.5 Å². The molecule has 0 aliphatic rings. The Morgan fingerprint density at radius 2 is 1.34 bits per heavy atom. The van der Waals surface area contributed by atoms with E-state index in [1.54, 1.807) is 7.11 Å². The highest BCUT2D eigenvalue weighted by Crippen LogP contribution is 2.17. The third-order valence-corrected chi connectivity index (χ3v) is 7.41. The van der Waals surface area contributed by atoms with Gasteiger partial charge in [-0.3, -0.25) is 9.59 Å². The van der Waals surface area contributed by atoms with Gasteiger partial charge in [-0.2, -0.15) is 0 Å². The number of hydrazine groups is 1. The summed E-state index contributed by atoms with van der Waals surface area (Å²) in [5.74, 6) is 5.43. The molecule has 0 heterocycles. The molecule has 0 fully saturated rings. The van der Waals surface area contributed by atoms with Gasteiger partial charge in [0.1, 0.15) is 19.0 Å². The molecule has 4 N–H and O–H groups in total. The van der Waals surface area contributed by atoms with Crippen LogP contribution >= 0.6 is 0 Å². The first-order valence-electron chi connectivity index (χ1n) is 18.3. The van der Waals surface area contributed by atoms with Crippen LogP contribution in [0.25, 0.3) is 0 Å². The Balaban J connectivity index is 0. The SMILES string of the molecule is CCCCCCCCCC(=O)OC(COC)CN(N)/C=C(\N)CCC(=O)OCCOCCC(C)(C)C.CCCCCCCCCC=O. The van der Waals surface area contributed by atoms with E-state index in [9.17, 15) is 14.4 Å². The number of carbonyl (C=O) groups excluding carboxylic acids is 3. The molecule has 0 bridgehead atoms. The molecule has 1 unspecified atom stereocenters. The van der Waals surface area contributed by atoms with Gasteiger partial charge in [-0.15, -0.1) is 0 Å². The third-order valence-electron chi connectivity index (χ3n) is 7.41. The molecule has 10 heteroatoms. The first-order valence-corrected chi connectivity index (χ1v) is 18.3. The number of allylic oxidation sites excluding steroid dienone is 1. The molecular weight excluding hydrogens is 598 g/mol. The summed E-state index contributed by atoms with van der Waals surface area (Å²) in [7, 11) is 1.55. The second kappa shape index (κ2) is 33.7. The zero-order valence-electron chi connectivity index (χ0n) is 31.2. The standard InChI is InChI=1S/C27H53N3O6.C10H20O/c1-6-7-8-9-10-11-12-13-26(32)36-24(22-33-5)21-30(29)20-23(28)14-15-25(31)35-19-18-34-17-16-27(2,3)4;1-2-3-4-5-6-7-8-9-10-11/h20,24H,6-19,21-22,28-29H2,1-5H3;10H,2-9H2,1H3/b23-20-;. The number of aldehydes is 1. The van der Waals surface area contributed by atoms with Crippen LogP contribution in [0, 0.1) is 5.41 Å². The maximum absolute atomic E-state index is 12.2. The van der Waals surface area contributed by atoms with E-state index in [0.717, 1.165) is 44.8 Å². The van der Waals surface area contributed by atoms with Crippen LogP contribution < -0.4 is 11.6 Å². The lowest BCUT2D eigenvalue weighted by molar-refractivity contribution is -0.152. The fourth-order valence-electron chi connectivity index (χ4n) is 4.54. The average Bonchev–Trinajstić information content (AvgIpc) is 3.00. The van der Waals surface area contributed by atoms with Gasteiger partial charge in [0.15, 0.2) is 0 Å². The molecule has 0 aromatic carbocycles. The Morgan fingerprint density at radius 3 is 1.89 bits per heavy atom. The quantitative estimate of drug-likeness (QED) is 0.0256. The van der Waals surface area contributed by atoms with Gasteiger partial charge in [-0.1, -0.05) is 112 Å². The number of nitrogens with two attached hydrogens (primary N) is 2. The highest BCUT2D eigenvalue weighted by molar-refractivity contribution is 5.70. The molecule has 0 radical (unpaired) electrons. The number of nitrogens with zero attached hydrogens (tertiary/aromatic N) is 1. The Bertz CT molecular complexity index is 772. The predicted molar refractivity (Wildman–Crippen MR) is 191 cm³/mol. The number of carbonyl (C=O) groups is 3. The van der Waals surface area contributed by atoms with Crippen molar-refractivity contribution in [3.63, 3.8) is 0 Å². The van der Waals surface area contributed by atoms with Crippen LogP contribution in [0.3, 0.4) is 0 Å². The van der Waals surface area contributed by atoms with Crippen molar-refractivity contribution in [2.24, 2.45) is 17.0 Å². The van der Waals surface area contributed by atoms with Crippen LogP contribution in [-0.4, -0.2) is 69.4 Å². The molecular formula is C37H73N3O7. The minimum atomic E-state index is -0.510. The number of hydrogen-bond acceptors (Lipinski definition) is 10. The molecule has 0 saturated heterocycles. The highest BCUT2D eigenvalue weighted by atomic mass is 16.6. The molecule has 0 spiro atoms. The van der Waals surface area contributed by atoms with E-state index in [4.69, 9.17) is 30.5 Å². The molecule has 0 amide bonds. The van der Waals surface area contributed by atoms with E-state index in [0.29, 0.717) is 31.8 Å². The summed E-state index contributed by atoms with van der Waals surface area (Å²) in [5.41, 5.74) is 6.65. The van der Waals surface area contributed by atoms with Gasteiger partial charge in [-0.25, -0.2) is 5.84 Å².